The van der Waals surface area contributed by atoms with Crippen LogP contribution in [-0.2, 0) is 11.4 Å². The van der Waals surface area contributed by atoms with Crippen LogP contribution in [-0.4, -0.2) is 31.9 Å². The lowest BCUT2D eigenvalue weighted by Gasteiger charge is -2.20. The molecule has 7 nitrogen and oxygen atoms in total. The predicted molar refractivity (Wildman–Crippen MR) is 141 cm³/mol. The number of amidine groups is 2. The summed E-state index contributed by atoms with van der Waals surface area (Å²) < 4.78 is 5.80. The second-order valence-electron chi connectivity index (χ2n) is 7.35. The fourth-order valence-electron chi connectivity index (χ4n) is 3.31. The van der Waals surface area contributed by atoms with Crippen LogP contribution in [0.3, 0.4) is 0 Å². The van der Waals surface area contributed by atoms with Crippen LogP contribution in [0, 0.1) is 5.41 Å². The van der Waals surface area contributed by atoms with Crippen molar-refractivity contribution in [2.24, 2.45) is 10.1 Å². The molecule has 11 heteroatoms. The number of thioether (sulfide) groups is 1. The van der Waals surface area contributed by atoms with Crippen LogP contribution in [0.4, 0.5) is 0 Å². The summed E-state index contributed by atoms with van der Waals surface area (Å²) in [5, 5.41) is 16.6. The maximum atomic E-state index is 12.7. The Kier molecular flexibility index (Phi) is 6.62. The first-order valence-electron chi connectivity index (χ1n) is 10.2. The molecule has 0 aliphatic carbocycles. The fraction of sp³-hybridized carbons (Fsp3) is 0.0417. The van der Waals surface area contributed by atoms with E-state index in [1.165, 1.54) is 16.8 Å². The Morgan fingerprint density at radius 1 is 1.06 bits per heavy atom. The lowest BCUT2D eigenvalue weighted by Crippen LogP contribution is -2.35. The van der Waals surface area contributed by atoms with Gasteiger partial charge in [0.15, 0.2) is 5.84 Å². The summed E-state index contributed by atoms with van der Waals surface area (Å²) in [7, 11) is 0. The smallest absolute Gasteiger partial charge is 0.283 e. The third-order valence-corrected chi connectivity index (χ3v) is 7.02. The number of nitrogens with zero attached hydrogens (tertiary/aromatic N) is 4. The molecule has 2 aromatic carbocycles. The Morgan fingerprint density at radius 3 is 2.57 bits per heavy atom. The summed E-state index contributed by atoms with van der Waals surface area (Å²) >= 11 is 20.0. The second-order valence-corrected chi connectivity index (χ2v) is 9.52. The summed E-state index contributed by atoms with van der Waals surface area (Å²) in [5.74, 6) is -0.172. The van der Waals surface area contributed by atoms with Crippen LogP contribution in [0.1, 0.15) is 16.7 Å². The van der Waals surface area contributed by atoms with Gasteiger partial charge in [-0.25, -0.2) is 0 Å². The molecular formula is C24H14Cl3N5O2S. The van der Waals surface area contributed by atoms with Crippen LogP contribution >= 0.6 is 46.6 Å². The van der Waals surface area contributed by atoms with E-state index in [4.69, 9.17) is 44.9 Å². The topological polar surface area (TPSA) is 91.0 Å². The number of amides is 1. The number of halogens is 3. The summed E-state index contributed by atoms with van der Waals surface area (Å²) in [6.07, 6.45) is 4.88. The number of pyridine rings is 1. The van der Waals surface area contributed by atoms with E-state index in [2.05, 4.69) is 15.1 Å². The Hall–Kier alpha value is -3.17. The first kappa shape index (κ1) is 23.6. The molecule has 0 atom stereocenters. The molecule has 0 unspecified atom stereocenters. The molecule has 3 heterocycles. The third-order valence-electron chi connectivity index (χ3n) is 5.06. The Bertz CT molecular complexity index is 1440. The number of hydrazone groups is 1. The van der Waals surface area contributed by atoms with E-state index < -0.39 is 5.91 Å². The van der Waals surface area contributed by atoms with E-state index in [0.29, 0.717) is 42.2 Å². The molecule has 5 rings (SSSR count). The standard InChI is InChI=1S/C24H14Cl3N5O2S/c25-17-4-1-5-18(26)16(17)12-34-20-7-6-13(10-19(20)27)9-15-21(28)32-24(30-22(15)33)35-23(31-32)14-3-2-8-29-11-14/h1-11,28H,12H2. The van der Waals surface area contributed by atoms with Gasteiger partial charge in [0, 0.05) is 33.6 Å². The van der Waals surface area contributed by atoms with Crippen molar-refractivity contribution in [2.75, 3.05) is 0 Å². The second kappa shape index (κ2) is 9.83. The van der Waals surface area contributed by atoms with Crippen LogP contribution < -0.4 is 4.74 Å². The molecule has 0 bridgehead atoms. The van der Waals surface area contributed by atoms with Gasteiger partial charge in [-0.2, -0.15) is 15.1 Å². The Labute approximate surface area is 219 Å². The van der Waals surface area contributed by atoms with Gasteiger partial charge in [-0.05, 0) is 59.8 Å². The predicted octanol–water partition coefficient (Wildman–Crippen LogP) is 6.29. The highest BCUT2D eigenvalue weighted by Crippen LogP contribution is 2.33. The van der Waals surface area contributed by atoms with E-state index in [1.807, 2.05) is 6.07 Å². The number of carbonyl (C=O) groups excluding carboxylic acids is 1. The summed E-state index contributed by atoms with van der Waals surface area (Å²) in [6.45, 7) is 0.142. The van der Waals surface area contributed by atoms with Crippen molar-refractivity contribution in [3.8, 4) is 5.75 Å². The van der Waals surface area contributed by atoms with Crippen molar-refractivity contribution in [3.05, 3.63) is 98.3 Å². The van der Waals surface area contributed by atoms with Crippen molar-refractivity contribution >= 4 is 74.6 Å². The number of fused-ring (bicyclic) bond motifs is 1. The Morgan fingerprint density at radius 2 is 1.86 bits per heavy atom. The first-order chi connectivity index (χ1) is 16.9. The highest BCUT2D eigenvalue weighted by molar-refractivity contribution is 8.27. The van der Waals surface area contributed by atoms with Gasteiger partial charge in [0.05, 0.1) is 10.6 Å². The third kappa shape index (κ3) is 4.83. The molecular weight excluding hydrogens is 529 g/mol. The number of rotatable bonds is 5. The van der Waals surface area contributed by atoms with Gasteiger partial charge >= 0.3 is 0 Å². The van der Waals surface area contributed by atoms with Gasteiger partial charge < -0.3 is 4.74 Å². The van der Waals surface area contributed by atoms with Crippen LogP contribution in [0.5, 0.6) is 5.75 Å². The van der Waals surface area contributed by atoms with Crippen LogP contribution in [0.2, 0.25) is 15.1 Å². The van der Waals surface area contributed by atoms with Gasteiger partial charge in [0.2, 0.25) is 5.17 Å². The molecule has 174 valence electrons. The average molecular weight is 543 g/mol. The number of carbonyl (C=O) groups is 1. The molecule has 1 N–H and O–H groups in total. The zero-order valence-electron chi connectivity index (χ0n) is 17.7. The van der Waals surface area contributed by atoms with Crippen molar-refractivity contribution < 1.29 is 9.53 Å². The molecule has 1 amide bonds. The molecule has 3 aromatic rings. The number of ether oxygens (including phenoxy) is 1. The number of aliphatic imine (C=N–C) groups is 1. The molecule has 0 fully saturated rings. The normalized spacial score (nSPS) is 16.3. The van der Waals surface area contributed by atoms with Crippen molar-refractivity contribution in [2.45, 2.75) is 6.61 Å². The average Bonchev–Trinajstić information content (AvgIpc) is 3.27. The number of nitrogens with one attached hydrogen (secondary N) is 1. The minimum absolute atomic E-state index is 0.0730. The van der Waals surface area contributed by atoms with Gasteiger partial charge in [-0.3, -0.25) is 15.2 Å². The van der Waals surface area contributed by atoms with Gasteiger partial charge in [-0.1, -0.05) is 46.9 Å². The first-order valence-corrected chi connectivity index (χ1v) is 12.1. The lowest BCUT2D eigenvalue weighted by molar-refractivity contribution is -0.114. The number of aromatic nitrogens is 1. The van der Waals surface area contributed by atoms with E-state index in [0.717, 1.165) is 5.56 Å². The van der Waals surface area contributed by atoms with Crippen molar-refractivity contribution in [1.29, 1.82) is 5.41 Å². The molecule has 2 aliphatic rings. The SMILES string of the molecule is N=C1C(=Cc2ccc(OCc3c(Cl)cccc3Cl)c(Cl)c2)C(=O)N=C2SC(c3cccnc3)=NN12. The van der Waals surface area contributed by atoms with E-state index in [-0.39, 0.29) is 18.0 Å². The molecule has 0 radical (unpaired) electrons. The number of hydrogen-bond acceptors (Lipinski definition) is 6. The Balaban J connectivity index is 1.36. The maximum Gasteiger partial charge on any atom is 0.283 e. The van der Waals surface area contributed by atoms with Gasteiger partial charge in [0.1, 0.15) is 17.4 Å². The summed E-state index contributed by atoms with van der Waals surface area (Å²) in [5.41, 5.74) is 2.13. The lowest BCUT2D eigenvalue weighted by atomic mass is 10.1. The van der Waals surface area contributed by atoms with E-state index >= 15 is 0 Å². The van der Waals surface area contributed by atoms with Crippen LogP contribution in [0.25, 0.3) is 6.08 Å². The zero-order chi connectivity index (χ0) is 24.5. The summed E-state index contributed by atoms with van der Waals surface area (Å²) in [4.78, 5) is 20.9. The quantitative estimate of drug-likeness (QED) is 0.383. The highest BCUT2D eigenvalue weighted by Gasteiger charge is 2.36. The minimum atomic E-state index is -0.527. The molecule has 0 saturated heterocycles. The largest absolute Gasteiger partial charge is 0.487 e. The van der Waals surface area contributed by atoms with E-state index in [1.54, 1.807) is 60.9 Å². The molecule has 0 saturated carbocycles. The van der Waals surface area contributed by atoms with Crippen molar-refractivity contribution in [3.63, 3.8) is 0 Å². The van der Waals surface area contributed by atoms with Crippen molar-refractivity contribution in [1.82, 2.24) is 9.99 Å². The summed E-state index contributed by atoms with van der Waals surface area (Å²) in [6, 6.07) is 13.9. The minimum Gasteiger partial charge on any atom is -0.487 e. The molecule has 35 heavy (non-hydrogen) atoms. The van der Waals surface area contributed by atoms with Gasteiger partial charge in [0.25, 0.3) is 5.91 Å². The number of hydrogen-bond donors (Lipinski definition) is 1. The molecule has 0 spiro atoms. The van der Waals surface area contributed by atoms with E-state index in [9.17, 15) is 4.79 Å². The molecule has 1 aromatic heterocycles. The zero-order valence-corrected chi connectivity index (χ0v) is 20.8. The maximum absolute atomic E-state index is 12.7. The molecule has 2 aliphatic heterocycles. The monoisotopic (exact) mass is 541 g/mol. The van der Waals surface area contributed by atoms with Gasteiger partial charge in [-0.15, -0.1) is 0 Å². The van der Waals surface area contributed by atoms with Crippen LogP contribution in [0.15, 0.2) is 76.6 Å². The fourth-order valence-corrected chi connectivity index (χ4v) is 4.94. The highest BCUT2D eigenvalue weighted by atomic mass is 35.5. The number of benzene rings is 2.